The first-order valence-electron chi connectivity index (χ1n) is 6.32. The normalized spacial score (nSPS) is 10.7. The van der Waals surface area contributed by atoms with E-state index in [2.05, 4.69) is 15.4 Å². The van der Waals surface area contributed by atoms with Gasteiger partial charge in [-0.05, 0) is 19.8 Å². The minimum absolute atomic E-state index is 0.0178. The van der Waals surface area contributed by atoms with Gasteiger partial charge in [0.1, 0.15) is 6.54 Å². The number of esters is 1. The largest absolute Gasteiger partial charge is 0.481 e. The summed E-state index contributed by atoms with van der Waals surface area (Å²) < 4.78 is 4.64. The molecule has 0 aliphatic rings. The van der Waals surface area contributed by atoms with Gasteiger partial charge in [0, 0.05) is 6.54 Å². The maximum absolute atomic E-state index is 11.4. The van der Waals surface area contributed by atoms with Crippen molar-refractivity contribution in [2.75, 3.05) is 19.7 Å². The van der Waals surface area contributed by atoms with Crippen molar-refractivity contribution in [1.82, 2.24) is 10.6 Å². The smallest absolute Gasteiger partial charge is 0.325 e. The first-order valence-corrected chi connectivity index (χ1v) is 6.32. The van der Waals surface area contributed by atoms with Crippen molar-refractivity contribution in [2.45, 2.75) is 33.6 Å². The van der Waals surface area contributed by atoms with E-state index in [0.29, 0.717) is 12.8 Å². The van der Waals surface area contributed by atoms with Gasteiger partial charge in [-0.1, -0.05) is 13.8 Å². The zero-order valence-electron chi connectivity index (χ0n) is 11.6. The van der Waals surface area contributed by atoms with Gasteiger partial charge in [0.2, 0.25) is 0 Å². The second-order valence-corrected chi connectivity index (χ2v) is 4.13. The molecule has 0 atom stereocenters. The summed E-state index contributed by atoms with van der Waals surface area (Å²) in [6, 6.07) is -0.583. The highest BCUT2D eigenvalue weighted by Crippen LogP contribution is 2.25. The highest BCUT2D eigenvalue weighted by atomic mass is 16.5. The molecule has 0 aliphatic carbocycles. The molecule has 2 amide bonds. The van der Waals surface area contributed by atoms with E-state index in [4.69, 9.17) is 0 Å². The molecule has 110 valence electrons. The number of aliphatic carboxylic acids is 1. The molecule has 0 radical (unpaired) electrons. The number of carbonyl (C=O) groups excluding carboxylic acids is 2. The maximum Gasteiger partial charge on any atom is 0.325 e. The van der Waals surface area contributed by atoms with Crippen LogP contribution in [0.25, 0.3) is 0 Å². The molecule has 19 heavy (non-hydrogen) atoms. The lowest BCUT2D eigenvalue weighted by Gasteiger charge is -2.26. The summed E-state index contributed by atoms with van der Waals surface area (Å²) in [7, 11) is 0. The number of ether oxygens (including phenoxy) is 1. The minimum Gasteiger partial charge on any atom is -0.481 e. The summed E-state index contributed by atoms with van der Waals surface area (Å²) in [5.74, 6) is -1.48. The molecule has 0 saturated carbocycles. The molecule has 7 heteroatoms. The van der Waals surface area contributed by atoms with Crippen LogP contribution in [0.4, 0.5) is 4.79 Å². The van der Waals surface area contributed by atoms with Crippen LogP contribution in [0.5, 0.6) is 0 Å². The van der Waals surface area contributed by atoms with E-state index in [-0.39, 0.29) is 19.7 Å². The molecule has 0 fully saturated rings. The van der Waals surface area contributed by atoms with Crippen molar-refractivity contribution < 1.29 is 24.2 Å². The number of hydrogen-bond donors (Lipinski definition) is 3. The number of carbonyl (C=O) groups is 3. The number of urea groups is 1. The Morgan fingerprint density at radius 3 is 2.11 bits per heavy atom. The zero-order chi connectivity index (χ0) is 14.9. The van der Waals surface area contributed by atoms with E-state index >= 15 is 0 Å². The van der Waals surface area contributed by atoms with E-state index in [1.807, 2.05) is 0 Å². The molecule has 0 bridgehead atoms. The number of carboxylic acid groups (broad SMARTS) is 1. The van der Waals surface area contributed by atoms with Crippen LogP contribution in [-0.2, 0) is 14.3 Å². The Hall–Kier alpha value is -1.79. The van der Waals surface area contributed by atoms with Gasteiger partial charge in [-0.3, -0.25) is 9.59 Å². The van der Waals surface area contributed by atoms with Gasteiger partial charge in [0.15, 0.2) is 0 Å². The van der Waals surface area contributed by atoms with Gasteiger partial charge in [-0.2, -0.15) is 0 Å². The minimum atomic E-state index is -0.971. The summed E-state index contributed by atoms with van der Waals surface area (Å²) in [4.78, 5) is 33.6. The summed E-state index contributed by atoms with van der Waals surface area (Å²) in [5, 5.41) is 14.0. The molecule has 3 N–H and O–H groups in total. The third-order valence-electron chi connectivity index (χ3n) is 3.09. The van der Waals surface area contributed by atoms with Crippen LogP contribution < -0.4 is 10.6 Å². The highest BCUT2D eigenvalue weighted by Gasteiger charge is 2.35. The predicted molar refractivity (Wildman–Crippen MR) is 68.7 cm³/mol. The lowest BCUT2D eigenvalue weighted by Crippen LogP contribution is -2.46. The first kappa shape index (κ1) is 17.2. The molecule has 0 unspecified atom stereocenters. The number of hydrogen-bond acceptors (Lipinski definition) is 4. The van der Waals surface area contributed by atoms with Gasteiger partial charge >= 0.3 is 18.0 Å². The van der Waals surface area contributed by atoms with Crippen LogP contribution in [0, 0.1) is 5.41 Å². The Morgan fingerprint density at radius 2 is 1.68 bits per heavy atom. The van der Waals surface area contributed by atoms with Gasteiger partial charge in [-0.15, -0.1) is 0 Å². The molecule has 0 aliphatic heterocycles. The zero-order valence-corrected chi connectivity index (χ0v) is 11.6. The van der Waals surface area contributed by atoms with Crippen LogP contribution in [-0.4, -0.2) is 42.8 Å². The second-order valence-electron chi connectivity index (χ2n) is 4.13. The van der Waals surface area contributed by atoms with Crippen molar-refractivity contribution in [3.8, 4) is 0 Å². The fourth-order valence-electron chi connectivity index (χ4n) is 1.55. The van der Waals surface area contributed by atoms with E-state index in [9.17, 15) is 19.5 Å². The average Bonchev–Trinajstić information content (AvgIpc) is 2.38. The fourth-order valence-corrected chi connectivity index (χ4v) is 1.55. The Balaban J connectivity index is 4.20. The van der Waals surface area contributed by atoms with Gasteiger partial charge < -0.3 is 20.5 Å². The van der Waals surface area contributed by atoms with Crippen LogP contribution >= 0.6 is 0 Å². The number of nitrogens with one attached hydrogen (secondary N) is 2. The third-order valence-corrected chi connectivity index (χ3v) is 3.09. The molecule has 0 aromatic heterocycles. The van der Waals surface area contributed by atoms with Crippen molar-refractivity contribution in [1.29, 1.82) is 0 Å². The molecule has 0 aromatic carbocycles. The topological polar surface area (TPSA) is 105 Å². The Morgan fingerprint density at radius 1 is 1.11 bits per heavy atom. The highest BCUT2D eigenvalue weighted by molar-refractivity contribution is 5.81. The average molecular weight is 274 g/mol. The Kier molecular flexibility index (Phi) is 7.55. The van der Waals surface area contributed by atoms with E-state index in [1.54, 1.807) is 20.8 Å². The van der Waals surface area contributed by atoms with Crippen molar-refractivity contribution >= 4 is 18.0 Å². The van der Waals surface area contributed by atoms with Crippen molar-refractivity contribution in [2.24, 2.45) is 5.41 Å². The molecule has 7 nitrogen and oxygen atoms in total. The number of carboxylic acids is 1. The predicted octanol–water partition coefficient (Wildman–Crippen LogP) is 0.740. The van der Waals surface area contributed by atoms with Gasteiger partial charge in [0.05, 0.1) is 12.0 Å². The SMILES string of the molecule is CCOC(=O)CNC(=O)NCC(CC)(CC)C(=O)O. The molecule has 0 saturated heterocycles. The fraction of sp³-hybridized carbons (Fsp3) is 0.750. The van der Waals surface area contributed by atoms with Crippen molar-refractivity contribution in [3.63, 3.8) is 0 Å². The van der Waals surface area contributed by atoms with Gasteiger partial charge in [0.25, 0.3) is 0 Å². The van der Waals surface area contributed by atoms with E-state index in [0.717, 1.165) is 0 Å². The first-order chi connectivity index (χ1) is 8.91. The summed E-state index contributed by atoms with van der Waals surface area (Å²) in [6.07, 6.45) is 0.827. The van der Waals surface area contributed by atoms with E-state index < -0.39 is 23.4 Å². The Labute approximate surface area is 112 Å². The Bertz CT molecular complexity index is 326. The molecule has 0 rings (SSSR count). The van der Waals surface area contributed by atoms with Crippen LogP contribution in [0.2, 0.25) is 0 Å². The summed E-state index contributed by atoms with van der Waals surface area (Å²) >= 11 is 0. The third kappa shape index (κ3) is 5.58. The molecular weight excluding hydrogens is 252 g/mol. The molecule has 0 aromatic rings. The lowest BCUT2D eigenvalue weighted by molar-refractivity contribution is -0.149. The van der Waals surface area contributed by atoms with Crippen LogP contribution in [0.15, 0.2) is 0 Å². The summed E-state index contributed by atoms with van der Waals surface area (Å²) in [6.45, 7) is 5.21. The maximum atomic E-state index is 11.4. The van der Waals surface area contributed by atoms with Gasteiger partial charge in [-0.25, -0.2) is 4.79 Å². The van der Waals surface area contributed by atoms with E-state index in [1.165, 1.54) is 0 Å². The molecule has 0 spiro atoms. The molecule has 0 heterocycles. The van der Waals surface area contributed by atoms with Crippen LogP contribution in [0.3, 0.4) is 0 Å². The molecular formula is C12H22N2O5. The second kappa shape index (κ2) is 8.34. The standard InChI is InChI=1S/C12H22N2O5/c1-4-12(5-2,10(16)17)8-14-11(18)13-7-9(15)19-6-3/h4-8H2,1-3H3,(H,16,17)(H2,13,14,18). The van der Waals surface area contributed by atoms with Crippen molar-refractivity contribution in [3.05, 3.63) is 0 Å². The van der Waals surface area contributed by atoms with Crippen LogP contribution in [0.1, 0.15) is 33.6 Å². The quantitative estimate of drug-likeness (QED) is 0.566. The monoisotopic (exact) mass is 274 g/mol. The number of rotatable bonds is 8. The lowest BCUT2D eigenvalue weighted by atomic mass is 9.82. The number of amides is 2. The summed E-state index contributed by atoms with van der Waals surface area (Å²) in [5.41, 5.74) is -0.971.